The minimum Gasteiger partial charge on any atom is -0.324 e. The van der Waals surface area contributed by atoms with E-state index in [0.29, 0.717) is 6.04 Å². The minimum atomic E-state index is -0.136. The van der Waals surface area contributed by atoms with Crippen LogP contribution >= 0.6 is 0 Å². The van der Waals surface area contributed by atoms with Crippen molar-refractivity contribution in [1.82, 2.24) is 5.32 Å². The summed E-state index contributed by atoms with van der Waals surface area (Å²) in [6.07, 6.45) is 7.01. The van der Waals surface area contributed by atoms with Gasteiger partial charge in [-0.05, 0) is 94.6 Å². The van der Waals surface area contributed by atoms with Gasteiger partial charge in [-0.1, -0.05) is 17.7 Å². The van der Waals surface area contributed by atoms with Crippen molar-refractivity contribution in [3.8, 4) is 0 Å². The van der Waals surface area contributed by atoms with Crippen LogP contribution < -0.4 is 10.6 Å². The average molecular weight is 341 g/mol. The lowest BCUT2D eigenvalue weighted by Crippen LogP contribution is -2.58. The van der Waals surface area contributed by atoms with E-state index in [1.54, 1.807) is 0 Å². The molecule has 0 aromatic heterocycles. The number of carbonyl (C=O) groups excluding carboxylic acids is 1. The van der Waals surface area contributed by atoms with Crippen molar-refractivity contribution in [2.45, 2.75) is 71.9 Å². The topological polar surface area (TPSA) is 41.1 Å². The Morgan fingerprint density at radius 2 is 1.48 bits per heavy atom. The van der Waals surface area contributed by atoms with Crippen molar-refractivity contribution in [2.75, 3.05) is 5.32 Å². The maximum absolute atomic E-state index is 12.8. The van der Waals surface area contributed by atoms with Gasteiger partial charge in [0.15, 0.2) is 0 Å². The maximum atomic E-state index is 12.8. The van der Waals surface area contributed by atoms with Crippen LogP contribution in [0, 0.1) is 44.4 Å². The molecule has 0 saturated heterocycles. The summed E-state index contributed by atoms with van der Waals surface area (Å²) >= 11 is 0. The van der Waals surface area contributed by atoms with Gasteiger partial charge in [-0.15, -0.1) is 0 Å². The Bertz CT molecular complexity index is 630. The van der Waals surface area contributed by atoms with E-state index in [9.17, 15) is 4.79 Å². The lowest BCUT2D eigenvalue weighted by atomic mass is 9.54. The van der Waals surface area contributed by atoms with Crippen LogP contribution in [0.15, 0.2) is 12.1 Å². The molecule has 0 aliphatic heterocycles. The molecule has 0 heterocycles. The fraction of sp³-hybridized carbons (Fsp3) is 0.682. The molecule has 0 radical (unpaired) electrons. The summed E-state index contributed by atoms with van der Waals surface area (Å²) in [6, 6.07) is 4.69. The number of aryl methyl sites for hydroxylation is 3. The summed E-state index contributed by atoms with van der Waals surface area (Å²) in [4.78, 5) is 12.8. The number of nitrogens with one attached hydrogen (secondary N) is 2. The first-order chi connectivity index (χ1) is 11.9. The normalized spacial score (nSPS) is 34.2. The highest BCUT2D eigenvalue weighted by Crippen LogP contribution is 2.53. The van der Waals surface area contributed by atoms with Gasteiger partial charge in [0.25, 0.3) is 0 Å². The molecule has 4 fully saturated rings. The number of carbonyl (C=O) groups is 1. The number of anilines is 1. The third-order valence-electron chi connectivity index (χ3n) is 6.99. The Morgan fingerprint density at radius 1 is 0.960 bits per heavy atom. The summed E-state index contributed by atoms with van der Waals surface area (Å²) in [7, 11) is 0. The SMILES string of the molecule is Cc1cc(C)c(NC(=O)[C@H](C)NC2C3CC4CC(C3)CC2C4)c(C)c1. The Balaban J connectivity index is 1.41. The molecule has 1 amide bonds. The van der Waals surface area contributed by atoms with Gasteiger partial charge < -0.3 is 10.6 Å². The third-order valence-corrected chi connectivity index (χ3v) is 6.99. The summed E-state index contributed by atoms with van der Waals surface area (Å²) < 4.78 is 0. The highest BCUT2D eigenvalue weighted by molar-refractivity contribution is 5.96. The predicted molar refractivity (Wildman–Crippen MR) is 103 cm³/mol. The lowest BCUT2D eigenvalue weighted by molar-refractivity contribution is -0.118. The molecular formula is C22H32N2O. The predicted octanol–water partition coefficient (Wildman–Crippen LogP) is 4.35. The second kappa shape index (κ2) is 6.42. The van der Waals surface area contributed by atoms with Crippen LogP contribution in [0.4, 0.5) is 5.69 Å². The van der Waals surface area contributed by atoms with Crippen molar-refractivity contribution in [2.24, 2.45) is 23.7 Å². The van der Waals surface area contributed by atoms with Crippen LogP contribution in [-0.4, -0.2) is 18.0 Å². The van der Waals surface area contributed by atoms with Gasteiger partial charge >= 0.3 is 0 Å². The number of benzene rings is 1. The highest BCUT2D eigenvalue weighted by atomic mass is 16.2. The first-order valence-corrected chi connectivity index (χ1v) is 10.1. The van der Waals surface area contributed by atoms with Crippen LogP contribution in [0.25, 0.3) is 0 Å². The zero-order chi connectivity index (χ0) is 17.7. The van der Waals surface area contributed by atoms with Crippen molar-refractivity contribution < 1.29 is 4.79 Å². The van der Waals surface area contributed by atoms with Gasteiger partial charge in [0.05, 0.1) is 6.04 Å². The molecule has 4 aliphatic carbocycles. The van der Waals surface area contributed by atoms with Crippen molar-refractivity contribution in [3.05, 3.63) is 28.8 Å². The summed E-state index contributed by atoms with van der Waals surface area (Å²) in [6.45, 7) is 8.28. The van der Waals surface area contributed by atoms with E-state index >= 15 is 0 Å². The van der Waals surface area contributed by atoms with Crippen molar-refractivity contribution in [3.63, 3.8) is 0 Å². The number of rotatable bonds is 4. The molecule has 0 spiro atoms. The Hall–Kier alpha value is -1.35. The monoisotopic (exact) mass is 340 g/mol. The van der Waals surface area contributed by atoms with Gasteiger partial charge in [-0.25, -0.2) is 0 Å². The Labute approximate surface area is 152 Å². The molecule has 4 aliphatic rings. The zero-order valence-electron chi connectivity index (χ0n) is 16.1. The van der Waals surface area contributed by atoms with Crippen LogP contribution in [0.2, 0.25) is 0 Å². The van der Waals surface area contributed by atoms with Gasteiger partial charge in [0, 0.05) is 11.7 Å². The fourth-order valence-corrected chi connectivity index (χ4v) is 6.17. The van der Waals surface area contributed by atoms with E-state index in [4.69, 9.17) is 0 Å². The van der Waals surface area contributed by atoms with Gasteiger partial charge in [0.2, 0.25) is 5.91 Å². The van der Waals surface area contributed by atoms with E-state index in [0.717, 1.165) is 40.5 Å². The molecular weight excluding hydrogens is 308 g/mol. The zero-order valence-corrected chi connectivity index (χ0v) is 16.1. The van der Waals surface area contributed by atoms with E-state index < -0.39 is 0 Å². The molecule has 0 unspecified atom stereocenters. The molecule has 3 heteroatoms. The molecule has 3 nitrogen and oxygen atoms in total. The first-order valence-electron chi connectivity index (χ1n) is 10.1. The summed E-state index contributed by atoms with van der Waals surface area (Å²) in [5, 5.41) is 6.90. The van der Waals surface area contributed by atoms with Crippen LogP contribution in [0.3, 0.4) is 0 Å². The Morgan fingerprint density at radius 3 is 2.00 bits per heavy atom. The standard InChI is InChI=1S/C22H32N2O/c1-12-5-13(2)20(14(3)6-12)24-22(25)15(4)23-21-18-8-16-7-17(10-18)11-19(21)9-16/h5-6,15-19,21,23H,7-11H2,1-4H3,(H,24,25)/t15-,16?,17?,18?,19?,21?/m0/s1. The second-order valence-corrected chi connectivity index (χ2v) is 9.11. The van der Waals surface area contributed by atoms with Gasteiger partial charge in [-0.2, -0.15) is 0 Å². The molecule has 4 saturated carbocycles. The maximum Gasteiger partial charge on any atom is 0.241 e. The van der Waals surface area contributed by atoms with Crippen molar-refractivity contribution in [1.29, 1.82) is 0 Å². The third kappa shape index (κ3) is 3.23. The highest BCUT2D eigenvalue weighted by Gasteiger charge is 2.48. The van der Waals surface area contributed by atoms with E-state index in [1.807, 2.05) is 6.92 Å². The van der Waals surface area contributed by atoms with Crippen LogP contribution in [0.5, 0.6) is 0 Å². The van der Waals surface area contributed by atoms with Crippen LogP contribution in [0.1, 0.15) is 55.7 Å². The molecule has 1 atom stereocenters. The molecule has 1 aromatic carbocycles. The second-order valence-electron chi connectivity index (χ2n) is 9.11. The summed E-state index contributed by atoms with van der Waals surface area (Å²) in [5.41, 5.74) is 4.52. The van der Waals surface area contributed by atoms with E-state index in [-0.39, 0.29) is 11.9 Å². The molecule has 2 N–H and O–H groups in total. The fourth-order valence-electron chi connectivity index (χ4n) is 6.17. The lowest BCUT2D eigenvalue weighted by Gasteiger charge is -2.55. The number of hydrogen-bond donors (Lipinski definition) is 2. The molecule has 5 rings (SSSR count). The number of hydrogen-bond acceptors (Lipinski definition) is 2. The molecule has 136 valence electrons. The average Bonchev–Trinajstić information content (AvgIpc) is 2.53. The minimum absolute atomic E-state index is 0.101. The first kappa shape index (κ1) is 17.1. The van der Waals surface area contributed by atoms with Crippen LogP contribution in [-0.2, 0) is 4.79 Å². The molecule has 4 bridgehead atoms. The van der Waals surface area contributed by atoms with Gasteiger partial charge in [0.1, 0.15) is 0 Å². The quantitative estimate of drug-likeness (QED) is 0.855. The summed E-state index contributed by atoms with van der Waals surface area (Å²) in [5.74, 6) is 3.65. The van der Waals surface area contributed by atoms with Gasteiger partial charge in [-0.3, -0.25) is 4.79 Å². The smallest absolute Gasteiger partial charge is 0.241 e. The Kier molecular flexibility index (Phi) is 4.39. The van der Waals surface area contributed by atoms with E-state index in [2.05, 4.69) is 43.5 Å². The largest absolute Gasteiger partial charge is 0.324 e. The molecule has 1 aromatic rings. The van der Waals surface area contributed by atoms with E-state index in [1.165, 1.54) is 37.7 Å². The van der Waals surface area contributed by atoms with Crippen molar-refractivity contribution >= 4 is 11.6 Å². The number of amides is 1. The molecule has 25 heavy (non-hydrogen) atoms.